The van der Waals surface area contributed by atoms with E-state index in [1.165, 1.54) is 57.9 Å². The number of aryl methyl sites for hydroxylation is 1. The summed E-state index contributed by atoms with van der Waals surface area (Å²) < 4.78 is 42.9. The standard InChI is InChI=1S/C20H19ClFN5O4S/c1-26-9-14(8-25-26)32(30,31)27-11-20(12-27,18-16(22)3-2-6-23-18)10-24-19(29)15-5-4-13(21)7-17(15)28/h2-9,28H,10-12H2,1H3,(H,24,29). The van der Waals surface area contributed by atoms with Gasteiger partial charge in [-0.1, -0.05) is 11.6 Å². The lowest BCUT2D eigenvalue weighted by Gasteiger charge is -2.48. The fourth-order valence-electron chi connectivity index (χ4n) is 3.64. The van der Waals surface area contributed by atoms with Crippen molar-refractivity contribution in [2.45, 2.75) is 10.3 Å². The molecule has 0 saturated carbocycles. The molecule has 32 heavy (non-hydrogen) atoms. The van der Waals surface area contributed by atoms with Crippen molar-refractivity contribution in [3.05, 3.63) is 71.0 Å². The third-order valence-corrected chi connectivity index (χ3v) is 7.31. The molecule has 1 amide bonds. The van der Waals surface area contributed by atoms with Gasteiger partial charge in [0.1, 0.15) is 16.5 Å². The van der Waals surface area contributed by atoms with E-state index in [4.69, 9.17) is 11.6 Å². The predicted molar refractivity (Wildman–Crippen MR) is 113 cm³/mol. The third-order valence-electron chi connectivity index (χ3n) is 5.33. The van der Waals surface area contributed by atoms with Crippen LogP contribution in [-0.2, 0) is 22.5 Å². The third kappa shape index (κ3) is 3.94. The molecule has 0 bridgehead atoms. The number of hydrogen-bond donors (Lipinski definition) is 2. The molecule has 0 spiro atoms. The van der Waals surface area contributed by atoms with Crippen molar-refractivity contribution < 1.29 is 22.7 Å². The topological polar surface area (TPSA) is 117 Å². The molecule has 2 aromatic heterocycles. The molecule has 0 atom stereocenters. The minimum absolute atomic E-state index is 0.00907. The first-order chi connectivity index (χ1) is 15.1. The maximum atomic E-state index is 14.6. The van der Waals surface area contributed by atoms with Gasteiger partial charge < -0.3 is 10.4 Å². The molecule has 3 heterocycles. The molecule has 0 unspecified atom stereocenters. The van der Waals surface area contributed by atoms with Gasteiger partial charge in [0.25, 0.3) is 5.91 Å². The molecule has 0 radical (unpaired) electrons. The Bertz CT molecular complexity index is 1290. The van der Waals surface area contributed by atoms with Crippen molar-refractivity contribution in [2.24, 2.45) is 7.05 Å². The Balaban J connectivity index is 1.59. The van der Waals surface area contributed by atoms with E-state index in [9.17, 15) is 22.7 Å². The van der Waals surface area contributed by atoms with E-state index in [0.29, 0.717) is 0 Å². The molecule has 1 aromatic carbocycles. The molecule has 9 nitrogen and oxygen atoms in total. The minimum atomic E-state index is -3.84. The summed E-state index contributed by atoms with van der Waals surface area (Å²) >= 11 is 5.80. The van der Waals surface area contributed by atoms with E-state index in [1.54, 1.807) is 7.05 Å². The number of phenolic OH excluding ortho intramolecular Hbond substituents is 1. The highest BCUT2D eigenvalue weighted by molar-refractivity contribution is 7.89. The van der Waals surface area contributed by atoms with Gasteiger partial charge in [-0.25, -0.2) is 12.8 Å². The number of carbonyl (C=O) groups excluding carboxylic acids is 1. The van der Waals surface area contributed by atoms with Crippen molar-refractivity contribution in [3.8, 4) is 5.75 Å². The smallest absolute Gasteiger partial charge is 0.255 e. The minimum Gasteiger partial charge on any atom is -0.507 e. The van der Waals surface area contributed by atoms with Crippen LogP contribution in [0.25, 0.3) is 0 Å². The number of halogens is 2. The number of amides is 1. The molecular weight excluding hydrogens is 461 g/mol. The molecule has 2 N–H and O–H groups in total. The van der Waals surface area contributed by atoms with E-state index in [2.05, 4.69) is 15.4 Å². The maximum absolute atomic E-state index is 14.6. The van der Waals surface area contributed by atoms with Crippen molar-refractivity contribution in [2.75, 3.05) is 19.6 Å². The number of phenols is 1. The van der Waals surface area contributed by atoms with Crippen LogP contribution < -0.4 is 5.32 Å². The van der Waals surface area contributed by atoms with Gasteiger partial charge in [-0.3, -0.25) is 14.5 Å². The number of nitrogens with one attached hydrogen (secondary N) is 1. The fourth-order valence-corrected chi connectivity index (χ4v) is 5.41. The van der Waals surface area contributed by atoms with Gasteiger partial charge in [0.15, 0.2) is 0 Å². The zero-order valence-electron chi connectivity index (χ0n) is 16.9. The van der Waals surface area contributed by atoms with E-state index >= 15 is 0 Å². The van der Waals surface area contributed by atoms with Crippen LogP contribution in [0.2, 0.25) is 5.02 Å². The lowest BCUT2D eigenvalue weighted by molar-refractivity contribution is 0.0892. The summed E-state index contributed by atoms with van der Waals surface area (Å²) in [6.45, 7) is -0.281. The SMILES string of the molecule is Cn1cc(S(=O)(=O)N2CC(CNC(=O)c3ccc(Cl)cc3O)(c3ncccc3F)C2)cn1. The van der Waals surface area contributed by atoms with Gasteiger partial charge in [-0.2, -0.15) is 9.40 Å². The van der Waals surface area contributed by atoms with Crippen LogP contribution in [0.15, 0.2) is 53.8 Å². The molecular formula is C20H19ClFN5O4S. The maximum Gasteiger partial charge on any atom is 0.255 e. The zero-order chi connectivity index (χ0) is 23.1. The van der Waals surface area contributed by atoms with Gasteiger partial charge in [0.05, 0.1) is 22.9 Å². The normalized spacial score (nSPS) is 15.8. The molecule has 1 fully saturated rings. The van der Waals surface area contributed by atoms with Crippen molar-refractivity contribution >= 4 is 27.5 Å². The van der Waals surface area contributed by atoms with E-state index < -0.39 is 27.2 Å². The highest BCUT2D eigenvalue weighted by atomic mass is 35.5. The van der Waals surface area contributed by atoms with Crippen molar-refractivity contribution in [3.63, 3.8) is 0 Å². The van der Waals surface area contributed by atoms with Crippen molar-refractivity contribution in [1.82, 2.24) is 24.4 Å². The number of rotatable bonds is 6. The molecule has 3 aromatic rings. The summed E-state index contributed by atoms with van der Waals surface area (Å²) in [6.07, 6.45) is 4.02. The van der Waals surface area contributed by atoms with Gasteiger partial charge in [0, 0.05) is 44.1 Å². The van der Waals surface area contributed by atoms with Crippen molar-refractivity contribution in [1.29, 1.82) is 0 Å². The van der Waals surface area contributed by atoms with Crippen LogP contribution in [0.5, 0.6) is 5.75 Å². The summed E-state index contributed by atoms with van der Waals surface area (Å²) in [5, 5.41) is 16.8. The molecule has 0 aliphatic carbocycles. The number of pyridine rings is 1. The van der Waals surface area contributed by atoms with Gasteiger partial charge >= 0.3 is 0 Å². The summed E-state index contributed by atoms with van der Waals surface area (Å²) in [5.74, 6) is -1.51. The second-order valence-electron chi connectivity index (χ2n) is 7.58. The first-order valence-corrected chi connectivity index (χ1v) is 11.3. The van der Waals surface area contributed by atoms with Gasteiger partial charge in [-0.05, 0) is 30.3 Å². The number of aromatic hydroxyl groups is 1. The molecule has 1 saturated heterocycles. The second kappa shape index (κ2) is 8.15. The number of benzene rings is 1. The Kier molecular flexibility index (Phi) is 5.65. The van der Waals surface area contributed by atoms with Crippen LogP contribution in [0, 0.1) is 5.82 Å². The Labute approximate surface area is 188 Å². The van der Waals surface area contributed by atoms with Gasteiger partial charge in [0.2, 0.25) is 10.0 Å². The summed E-state index contributed by atoms with van der Waals surface area (Å²) in [5.41, 5.74) is -1.04. The largest absolute Gasteiger partial charge is 0.507 e. The lowest BCUT2D eigenvalue weighted by atomic mass is 9.77. The molecule has 1 aliphatic heterocycles. The summed E-state index contributed by atoms with van der Waals surface area (Å²) in [7, 11) is -2.24. The van der Waals surface area contributed by atoms with E-state index in [0.717, 1.165) is 0 Å². The van der Waals surface area contributed by atoms with E-state index in [1.807, 2.05) is 0 Å². The lowest BCUT2D eigenvalue weighted by Crippen LogP contribution is -2.65. The highest BCUT2D eigenvalue weighted by Gasteiger charge is 2.52. The van der Waals surface area contributed by atoms with Crippen LogP contribution in [0.3, 0.4) is 0 Å². The Morgan fingerprint density at radius 3 is 2.72 bits per heavy atom. The van der Waals surface area contributed by atoms with E-state index in [-0.39, 0.29) is 46.6 Å². The second-order valence-corrected chi connectivity index (χ2v) is 9.96. The molecule has 12 heteroatoms. The number of carbonyl (C=O) groups is 1. The fraction of sp³-hybridized carbons (Fsp3) is 0.250. The molecule has 4 rings (SSSR count). The Morgan fingerprint density at radius 2 is 2.09 bits per heavy atom. The highest BCUT2D eigenvalue weighted by Crippen LogP contribution is 2.38. The number of sulfonamides is 1. The summed E-state index contributed by atoms with van der Waals surface area (Å²) in [4.78, 5) is 16.7. The van der Waals surface area contributed by atoms with Crippen LogP contribution in [-0.4, -0.2) is 58.1 Å². The zero-order valence-corrected chi connectivity index (χ0v) is 18.4. The average molecular weight is 480 g/mol. The first-order valence-electron chi connectivity index (χ1n) is 9.49. The van der Waals surface area contributed by atoms with Gasteiger partial charge in [-0.15, -0.1) is 0 Å². The Morgan fingerprint density at radius 1 is 1.34 bits per heavy atom. The number of nitrogens with zero attached hydrogens (tertiary/aromatic N) is 4. The monoisotopic (exact) mass is 479 g/mol. The summed E-state index contributed by atoms with van der Waals surface area (Å²) in [6, 6.07) is 6.71. The molecule has 1 aliphatic rings. The van der Waals surface area contributed by atoms with Crippen LogP contribution in [0.1, 0.15) is 16.1 Å². The van der Waals surface area contributed by atoms with Crippen LogP contribution >= 0.6 is 11.6 Å². The number of hydrogen-bond acceptors (Lipinski definition) is 6. The first kappa shape index (κ1) is 22.2. The molecule has 168 valence electrons. The predicted octanol–water partition coefficient (Wildman–Crippen LogP) is 1.69. The Hall–Kier alpha value is -3.02. The quantitative estimate of drug-likeness (QED) is 0.555. The van der Waals surface area contributed by atoms with Crippen LogP contribution in [0.4, 0.5) is 4.39 Å². The number of aromatic nitrogens is 3. The average Bonchev–Trinajstić information content (AvgIpc) is 3.15.